The molecule has 0 radical (unpaired) electrons. The SMILES string of the molecule is CCCN(CC(F)(F)F)c1c(F)cc(C(N)=S)cc1F. The summed E-state index contributed by atoms with van der Waals surface area (Å²) < 4.78 is 65.1. The Bertz CT molecular complexity index is 478. The molecule has 0 aliphatic carbocycles. The van der Waals surface area contributed by atoms with E-state index in [1.54, 1.807) is 6.92 Å². The van der Waals surface area contributed by atoms with Crippen LogP contribution in [0.15, 0.2) is 12.1 Å². The topological polar surface area (TPSA) is 29.3 Å². The van der Waals surface area contributed by atoms with Crippen molar-refractivity contribution < 1.29 is 22.0 Å². The molecule has 8 heteroatoms. The van der Waals surface area contributed by atoms with E-state index in [1.165, 1.54) is 0 Å². The third-order valence-electron chi connectivity index (χ3n) is 2.48. The molecule has 1 aromatic carbocycles. The molecule has 0 fully saturated rings. The summed E-state index contributed by atoms with van der Waals surface area (Å²) in [6.45, 7) is 0.0590. The summed E-state index contributed by atoms with van der Waals surface area (Å²) in [4.78, 5) is 0.390. The Labute approximate surface area is 118 Å². The number of halogens is 5. The number of nitrogens with two attached hydrogens (primary N) is 1. The van der Waals surface area contributed by atoms with Crippen molar-refractivity contribution in [3.8, 4) is 0 Å². The van der Waals surface area contributed by atoms with Gasteiger partial charge in [0.25, 0.3) is 0 Å². The lowest BCUT2D eigenvalue weighted by Gasteiger charge is -2.26. The zero-order valence-electron chi connectivity index (χ0n) is 10.6. The van der Waals surface area contributed by atoms with Gasteiger partial charge >= 0.3 is 6.18 Å². The van der Waals surface area contributed by atoms with E-state index in [9.17, 15) is 22.0 Å². The lowest BCUT2D eigenvalue weighted by Crippen LogP contribution is -2.36. The number of hydrogen-bond donors (Lipinski definition) is 1. The number of alkyl halides is 3. The van der Waals surface area contributed by atoms with E-state index in [0.29, 0.717) is 11.3 Å². The van der Waals surface area contributed by atoms with Gasteiger partial charge in [-0.15, -0.1) is 0 Å². The summed E-state index contributed by atoms with van der Waals surface area (Å²) in [5, 5.41) is 0. The number of anilines is 1. The van der Waals surface area contributed by atoms with Crippen LogP contribution in [0.4, 0.5) is 27.6 Å². The summed E-state index contributed by atoms with van der Waals surface area (Å²) in [7, 11) is 0. The molecule has 0 spiro atoms. The van der Waals surface area contributed by atoms with Crippen LogP contribution in [0.2, 0.25) is 0 Å². The average Bonchev–Trinajstić information content (AvgIpc) is 2.25. The van der Waals surface area contributed by atoms with Crippen LogP contribution >= 0.6 is 12.2 Å². The Balaban J connectivity index is 3.23. The van der Waals surface area contributed by atoms with Gasteiger partial charge in [-0.05, 0) is 18.6 Å². The Hall–Kier alpha value is -1.44. The van der Waals surface area contributed by atoms with Crippen LogP contribution in [0.1, 0.15) is 18.9 Å². The van der Waals surface area contributed by atoms with Crippen LogP contribution in [-0.4, -0.2) is 24.3 Å². The minimum absolute atomic E-state index is 0.0674. The lowest BCUT2D eigenvalue weighted by atomic mass is 10.1. The van der Waals surface area contributed by atoms with Crippen molar-refractivity contribution in [2.75, 3.05) is 18.0 Å². The molecule has 1 rings (SSSR count). The second-order valence-corrected chi connectivity index (χ2v) is 4.63. The quantitative estimate of drug-likeness (QED) is 0.667. The van der Waals surface area contributed by atoms with Crippen molar-refractivity contribution in [1.29, 1.82) is 0 Å². The van der Waals surface area contributed by atoms with Crippen LogP contribution in [-0.2, 0) is 0 Å². The lowest BCUT2D eigenvalue weighted by molar-refractivity contribution is -0.119. The smallest absolute Gasteiger partial charge is 0.389 e. The minimum Gasteiger partial charge on any atom is -0.389 e. The van der Waals surface area contributed by atoms with Crippen LogP contribution in [0.25, 0.3) is 0 Å². The van der Waals surface area contributed by atoms with Gasteiger partial charge in [0.15, 0.2) is 0 Å². The van der Waals surface area contributed by atoms with Gasteiger partial charge in [0.2, 0.25) is 0 Å². The zero-order valence-corrected chi connectivity index (χ0v) is 11.4. The van der Waals surface area contributed by atoms with E-state index in [1.807, 2.05) is 0 Å². The normalized spacial score (nSPS) is 11.5. The maximum Gasteiger partial charge on any atom is 0.405 e. The van der Waals surface area contributed by atoms with Crippen molar-refractivity contribution >= 4 is 22.9 Å². The Morgan fingerprint density at radius 3 is 2.10 bits per heavy atom. The van der Waals surface area contributed by atoms with E-state index in [2.05, 4.69) is 12.2 Å². The Morgan fingerprint density at radius 1 is 1.25 bits per heavy atom. The molecule has 0 atom stereocenters. The highest BCUT2D eigenvalue weighted by molar-refractivity contribution is 7.80. The van der Waals surface area contributed by atoms with Crippen LogP contribution in [0, 0.1) is 11.6 Å². The molecule has 20 heavy (non-hydrogen) atoms. The van der Waals surface area contributed by atoms with Crippen LogP contribution in [0.5, 0.6) is 0 Å². The fraction of sp³-hybridized carbons (Fsp3) is 0.417. The van der Waals surface area contributed by atoms with Crippen LogP contribution in [0.3, 0.4) is 0 Å². The average molecular weight is 312 g/mol. The number of nitrogens with zero attached hydrogens (tertiary/aromatic N) is 1. The maximum absolute atomic E-state index is 13.9. The van der Waals surface area contributed by atoms with Gasteiger partial charge < -0.3 is 10.6 Å². The molecule has 2 N–H and O–H groups in total. The van der Waals surface area contributed by atoms with Gasteiger partial charge in [0.05, 0.1) is 0 Å². The summed E-state index contributed by atoms with van der Waals surface area (Å²) in [6, 6.07) is 1.67. The molecular formula is C12H13F5N2S. The molecule has 0 unspecified atom stereocenters. The molecule has 2 nitrogen and oxygen atoms in total. The van der Waals surface area contributed by atoms with Crippen molar-refractivity contribution in [2.45, 2.75) is 19.5 Å². The first-order valence-corrected chi connectivity index (χ1v) is 6.17. The fourth-order valence-electron chi connectivity index (χ4n) is 1.77. The molecular weight excluding hydrogens is 299 g/mol. The van der Waals surface area contributed by atoms with Gasteiger partial charge in [-0.1, -0.05) is 19.1 Å². The van der Waals surface area contributed by atoms with Crippen molar-refractivity contribution in [3.63, 3.8) is 0 Å². The van der Waals surface area contributed by atoms with Gasteiger partial charge in [-0.3, -0.25) is 0 Å². The first-order chi connectivity index (χ1) is 9.15. The first-order valence-electron chi connectivity index (χ1n) is 5.76. The second kappa shape index (κ2) is 6.34. The van der Waals surface area contributed by atoms with Crippen LogP contribution < -0.4 is 10.6 Å². The van der Waals surface area contributed by atoms with E-state index >= 15 is 0 Å². The van der Waals surface area contributed by atoms with Gasteiger partial charge in [-0.2, -0.15) is 13.2 Å². The summed E-state index contributed by atoms with van der Waals surface area (Å²) in [6.07, 6.45) is -4.25. The highest BCUT2D eigenvalue weighted by Crippen LogP contribution is 2.28. The largest absolute Gasteiger partial charge is 0.405 e. The molecule has 0 saturated heterocycles. The molecule has 0 amide bonds. The molecule has 112 valence electrons. The Kier molecular flexibility index (Phi) is 5.27. The number of thiocarbonyl (C=S) groups is 1. The molecule has 0 bridgehead atoms. The second-order valence-electron chi connectivity index (χ2n) is 4.19. The van der Waals surface area contributed by atoms with E-state index < -0.39 is 30.0 Å². The molecule has 0 aliphatic rings. The summed E-state index contributed by atoms with van der Waals surface area (Å²) in [5.41, 5.74) is 4.46. The minimum atomic E-state index is -4.56. The van der Waals surface area contributed by atoms with Gasteiger partial charge in [-0.25, -0.2) is 8.78 Å². The number of rotatable bonds is 5. The van der Waals surface area contributed by atoms with E-state index in [-0.39, 0.29) is 17.1 Å². The van der Waals surface area contributed by atoms with Crippen molar-refractivity contribution in [2.24, 2.45) is 5.73 Å². The first kappa shape index (κ1) is 16.6. The monoisotopic (exact) mass is 312 g/mol. The number of hydrogen-bond acceptors (Lipinski definition) is 2. The predicted molar refractivity (Wildman–Crippen MR) is 70.8 cm³/mol. The standard InChI is InChI=1S/C12H13F5N2S/c1-2-3-19(6-12(15,16)17)10-8(13)4-7(11(18)20)5-9(10)14/h4-5H,2-3,6H2,1H3,(H2,18,20). The molecule has 0 saturated carbocycles. The van der Waals surface area contributed by atoms with E-state index in [0.717, 1.165) is 12.1 Å². The molecule has 0 heterocycles. The van der Waals surface area contributed by atoms with E-state index in [4.69, 9.17) is 5.73 Å². The van der Waals surface area contributed by atoms with Gasteiger partial charge in [0.1, 0.15) is 28.9 Å². The highest BCUT2D eigenvalue weighted by Gasteiger charge is 2.32. The fourth-order valence-corrected chi connectivity index (χ4v) is 1.88. The van der Waals surface area contributed by atoms with Crippen molar-refractivity contribution in [1.82, 2.24) is 0 Å². The molecule has 1 aromatic rings. The summed E-state index contributed by atoms with van der Waals surface area (Å²) in [5.74, 6) is -2.24. The Morgan fingerprint density at radius 2 is 1.75 bits per heavy atom. The molecule has 0 aromatic heterocycles. The third kappa shape index (κ3) is 4.29. The van der Waals surface area contributed by atoms with Gasteiger partial charge in [0, 0.05) is 12.1 Å². The number of benzene rings is 1. The van der Waals surface area contributed by atoms with Crippen molar-refractivity contribution in [3.05, 3.63) is 29.3 Å². The summed E-state index contributed by atoms with van der Waals surface area (Å²) >= 11 is 4.58. The maximum atomic E-state index is 13.9. The third-order valence-corrected chi connectivity index (χ3v) is 2.72. The predicted octanol–water partition coefficient (Wildman–Crippen LogP) is 3.38. The molecule has 0 aliphatic heterocycles. The zero-order chi connectivity index (χ0) is 15.5. The highest BCUT2D eigenvalue weighted by atomic mass is 32.1.